The van der Waals surface area contributed by atoms with Crippen LogP contribution in [0.4, 0.5) is 0 Å². The van der Waals surface area contributed by atoms with Crippen molar-refractivity contribution in [2.45, 2.75) is 6.54 Å². The zero-order valence-electron chi connectivity index (χ0n) is 12.1. The Morgan fingerprint density at radius 3 is 2.30 bits per heavy atom. The average Bonchev–Trinajstić information content (AvgIpc) is 3.26. The van der Waals surface area contributed by atoms with Crippen LogP contribution in [0.15, 0.2) is 60.7 Å². The van der Waals surface area contributed by atoms with Crippen molar-refractivity contribution in [1.82, 2.24) is 40.4 Å². The second kappa shape index (κ2) is 5.76. The molecule has 8 heteroatoms. The Bertz CT molecular complexity index is 897. The molecule has 0 aliphatic carbocycles. The van der Waals surface area contributed by atoms with E-state index < -0.39 is 0 Å². The minimum absolute atomic E-state index is 0.335. The third-order valence-electron chi connectivity index (χ3n) is 3.30. The summed E-state index contributed by atoms with van der Waals surface area (Å²) < 4.78 is 1.66. The van der Waals surface area contributed by atoms with Gasteiger partial charge in [-0.15, -0.1) is 15.3 Å². The molecule has 4 rings (SSSR count). The first kappa shape index (κ1) is 13.3. The molecule has 4 aromatic rings. The number of rotatable bonds is 4. The van der Waals surface area contributed by atoms with Gasteiger partial charge >= 0.3 is 0 Å². The lowest BCUT2D eigenvalue weighted by Gasteiger charge is -2.02. The SMILES string of the molecule is c1ccc(-c2nnn(Cc3nnnn3-c3ccccc3)n2)cc1. The summed E-state index contributed by atoms with van der Waals surface area (Å²) in [5.41, 5.74) is 1.80. The standard InChI is InChI=1S/C15H12N8/c1-3-7-12(8-4-1)15-17-20-22(18-15)11-14-16-19-21-23(14)13-9-5-2-6-10-13/h1-10H,11H2. The molecule has 0 saturated heterocycles. The van der Waals surface area contributed by atoms with E-state index in [1.807, 2.05) is 60.7 Å². The van der Waals surface area contributed by atoms with Gasteiger partial charge in [-0.25, -0.2) is 0 Å². The predicted octanol–water partition coefficient (Wildman–Crippen LogP) is 1.36. The molecule has 0 amide bonds. The van der Waals surface area contributed by atoms with Crippen molar-refractivity contribution in [3.63, 3.8) is 0 Å². The van der Waals surface area contributed by atoms with E-state index in [-0.39, 0.29) is 0 Å². The van der Waals surface area contributed by atoms with Gasteiger partial charge in [0.15, 0.2) is 5.82 Å². The highest BCUT2D eigenvalue weighted by Crippen LogP contribution is 2.12. The Hall–Kier alpha value is -3.42. The molecule has 2 aromatic heterocycles. The van der Waals surface area contributed by atoms with Crippen molar-refractivity contribution in [2.24, 2.45) is 0 Å². The van der Waals surface area contributed by atoms with E-state index in [9.17, 15) is 0 Å². The molecule has 112 valence electrons. The van der Waals surface area contributed by atoms with Crippen molar-refractivity contribution in [3.8, 4) is 17.1 Å². The van der Waals surface area contributed by atoms with Crippen molar-refractivity contribution in [3.05, 3.63) is 66.5 Å². The quantitative estimate of drug-likeness (QED) is 0.566. The van der Waals surface area contributed by atoms with Crippen LogP contribution in [0.25, 0.3) is 17.1 Å². The number of nitrogens with zero attached hydrogens (tertiary/aromatic N) is 8. The molecule has 2 aromatic carbocycles. The maximum absolute atomic E-state index is 4.38. The lowest BCUT2D eigenvalue weighted by Crippen LogP contribution is -2.11. The van der Waals surface area contributed by atoms with Crippen LogP contribution in [-0.4, -0.2) is 40.4 Å². The number of hydrogen-bond acceptors (Lipinski definition) is 6. The molecule has 2 heterocycles. The van der Waals surface area contributed by atoms with E-state index in [1.165, 1.54) is 4.80 Å². The summed E-state index contributed by atoms with van der Waals surface area (Å²) in [4.78, 5) is 1.48. The van der Waals surface area contributed by atoms with Gasteiger partial charge < -0.3 is 0 Å². The summed E-state index contributed by atoms with van der Waals surface area (Å²) in [7, 11) is 0. The number of hydrogen-bond donors (Lipinski definition) is 0. The number of benzene rings is 2. The van der Waals surface area contributed by atoms with Crippen molar-refractivity contribution in [2.75, 3.05) is 0 Å². The third kappa shape index (κ3) is 2.69. The van der Waals surface area contributed by atoms with E-state index in [0.717, 1.165) is 11.3 Å². The van der Waals surface area contributed by atoms with Gasteiger partial charge in [-0.3, -0.25) is 0 Å². The number of para-hydroxylation sites is 1. The lowest BCUT2D eigenvalue weighted by atomic mass is 10.2. The first-order valence-electron chi connectivity index (χ1n) is 7.06. The molecule has 0 unspecified atom stereocenters. The molecule has 0 atom stereocenters. The van der Waals surface area contributed by atoms with Crippen molar-refractivity contribution < 1.29 is 0 Å². The maximum Gasteiger partial charge on any atom is 0.204 e. The molecule has 0 spiro atoms. The Labute approximate surface area is 131 Å². The van der Waals surface area contributed by atoms with Crippen LogP contribution in [0, 0.1) is 0 Å². The van der Waals surface area contributed by atoms with Crippen molar-refractivity contribution >= 4 is 0 Å². The molecule has 0 fully saturated rings. The molecule has 0 saturated carbocycles. The third-order valence-corrected chi connectivity index (χ3v) is 3.30. The van der Waals surface area contributed by atoms with Gasteiger partial charge in [0, 0.05) is 5.56 Å². The van der Waals surface area contributed by atoms with Crippen LogP contribution < -0.4 is 0 Å². The van der Waals surface area contributed by atoms with Crippen LogP contribution in [0.5, 0.6) is 0 Å². The molecule has 0 aliphatic heterocycles. The van der Waals surface area contributed by atoms with Crippen LogP contribution in [0.2, 0.25) is 0 Å². The normalized spacial score (nSPS) is 10.8. The summed E-state index contributed by atoms with van der Waals surface area (Å²) in [6.45, 7) is 0.335. The second-order valence-corrected chi connectivity index (χ2v) is 4.85. The summed E-state index contributed by atoms with van der Waals surface area (Å²) in [6.07, 6.45) is 0. The molecule has 0 bridgehead atoms. The summed E-state index contributed by atoms with van der Waals surface area (Å²) in [5.74, 6) is 1.21. The molecule has 8 nitrogen and oxygen atoms in total. The lowest BCUT2D eigenvalue weighted by molar-refractivity contribution is 0.545. The highest BCUT2D eigenvalue weighted by molar-refractivity contribution is 5.52. The molecule has 0 N–H and O–H groups in total. The fourth-order valence-electron chi connectivity index (χ4n) is 2.21. The van der Waals surface area contributed by atoms with Gasteiger partial charge in [-0.2, -0.15) is 9.48 Å². The van der Waals surface area contributed by atoms with Gasteiger partial charge in [0.1, 0.15) is 6.54 Å². The zero-order chi connectivity index (χ0) is 15.5. The van der Waals surface area contributed by atoms with Gasteiger partial charge in [0.25, 0.3) is 0 Å². The highest BCUT2D eigenvalue weighted by atomic mass is 15.6. The summed E-state index contributed by atoms with van der Waals surface area (Å²) >= 11 is 0. The zero-order valence-corrected chi connectivity index (χ0v) is 12.1. The van der Waals surface area contributed by atoms with Gasteiger partial charge in [-0.1, -0.05) is 48.5 Å². The Morgan fingerprint density at radius 1 is 0.783 bits per heavy atom. The Morgan fingerprint density at radius 2 is 1.52 bits per heavy atom. The molecule has 0 radical (unpaired) electrons. The predicted molar refractivity (Wildman–Crippen MR) is 81.5 cm³/mol. The summed E-state index contributed by atoms with van der Waals surface area (Å²) in [5, 5.41) is 24.3. The van der Waals surface area contributed by atoms with Crippen molar-refractivity contribution in [1.29, 1.82) is 0 Å². The van der Waals surface area contributed by atoms with E-state index >= 15 is 0 Å². The van der Waals surface area contributed by atoms with Crippen LogP contribution in [-0.2, 0) is 6.54 Å². The second-order valence-electron chi connectivity index (χ2n) is 4.85. The first-order valence-corrected chi connectivity index (χ1v) is 7.06. The van der Waals surface area contributed by atoms with Gasteiger partial charge in [-0.05, 0) is 27.8 Å². The van der Waals surface area contributed by atoms with E-state index in [2.05, 4.69) is 30.9 Å². The monoisotopic (exact) mass is 304 g/mol. The van der Waals surface area contributed by atoms with Gasteiger partial charge in [0.2, 0.25) is 5.82 Å². The van der Waals surface area contributed by atoms with E-state index in [1.54, 1.807) is 4.68 Å². The molecule has 23 heavy (non-hydrogen) atoms. The fourth-order valence-corrected chi connectivity index (χ4v) is 2.21. The van der Waals surface area contributed by atoms with Crippen LogP contribution in [0.3, 0.4) is 0 Å². The van der Waals surface area contributed by atoms with E-state index in [0.29, 0.717) is 18.2 Å². The molecular formula is C15H12N8. The largest absolute Gasteiger partial charge is 0.204 e. The maximum atomic E-state index is 4.38. The minimum Gasteiger partial charge on any atom is -0.195 e. The Balaban J connectivity index is 1.61. The molecule has 0 aliphatic rings. The fraction of sp³-hybridized carbons (Fsp3) is 0.0667. The number of aromatic nitrogens is 8. The Kier molecular flexibility index (Phi) is 3.32. The average molecular weight is 304 g/mol. The number of tetrazole rings is 2. The van der Waals surface area contributed by atoms with E-state index in [4.69, 9.17) is 0 Å². The molecular weight excluding hydrogens is 292 g/mol. The minimum atomic E-state index is 0.335. The highest BCUT2D eigenvalue weighted by Gasteiger charge is 2.11. The van der Waals surface area contributed by atoms with Crippen LogP contribution in [0.1, 0.15) is 5.82 Å². The smallest absolute Gasteiger partial charge is 0.195 e. The first-order chi connectivity index (χ1) is 11.4. The summed E-state index contributed by atoms with van der Waals surface area (Å²) in [6, 6.07) is 19.4. The van der Waals surface area contributed by atoms with Gasteiger partial charge in [0.05, 0.1) is 5.69 Å². The van der Waals surface area contributed by atoms with Crippen LogP contribution >= 0.6 is 0 Å². The topological polar surface area (TPSA) is 87.2 Å².